The Labute approximate surface area is 173 Å². The first kappa shape index (κ1) is 20.0. The quantitative estimate of drug-likeness (QED) is 0.365. The summed E-state index contributed by atoms with van der Waals surface area (Å²) in [6.07, 6.45) is 1.63. The van der Waals surface area contributed by atoms with Gasteiger partial charge >= 0.3 is 0 Å². The molecule has 2 heterocycles. The molecular formula is C21H15F3N4OS. The molecule has 0 saturated heterocycles. The molecule has 9 heteroatoms. The van der Waals surface area contributed by atoms with Gasteiger partial charge in [0.05, 0.1) is 17.6 Å². The van der Waals surface area contributed by atoms with Gasteiger partial charge in [0.2, 0.25) is 5.91 Å². The van der Waals surface area contributed by atoms with E-state index in [0.717, 1.165) is 29.3 Å². The molecule has 0 aliphatic rings. The number of hydrogen-bond donors (Lipinski definition) is 1. The fourth-order valence-corrected chi connectivity index (χ4v) is 3.77. The van der Waals surface area contributed by atoms with Crippen molar-refractivity contribution in [2.45, 2.75) is 11.9 Å². The van der Waals surface area contributed by atoms with E-state index in [-0.39, 0.29) is 17.3 Å². The third-order valence-electron chi connectivity index (χ3n) is 4.28. The van der Waals surface area contributed by atoms with Gasteiger partial charge in [-0.05, 0) is 42.8 Å². The fraction of sp³-hybridized carbons (Fsp3) is 0.0952. The van der Waals surface area contributed by atoms with E-state index >= 15 is 0 Å². The zero-order valence-corrected chi connectivity index (χ0v) is 16.5. The lowest BCUT2D eigenvalue weighted by Crippen LogP contribution is -2.15. The maximum atomic E-state index is 13.7. The molecule has 0 aliphatic carbocycles. The second-order valence-electron chi connectivity index (χ2n) is 6.50. The summed E-state index contributed by atoms with van der Waals surface area (Å²) in [7, 11) is 0. The zero-order valence-electron chi connectivity index (χ0n) is 15.7. The molecule has 152 valence electrons. The van der Waals surface area contributed by atoms with Crippen LogP contribution in [0.25, 0.3) is 16.8 Å². The lowest BCUT2D eigenvalue weighted by molar-refractivity contribution is -0.113. The lowest BCUT2D eigenvalue weighted by Gasteiger charge is -2.08. The number of fused-ring (bicyclic) bond motifs is 1. The van der Waals surface area contributed by atoms with Gasteiger partial charge in [-0.1, -0.05) is 23.9 Å². The Kier molecular flexibility index (Phi) is 5.45. The Hall–Kier alpha value is -3.33. The normalized spacial score (nSPS) is 11.1. The van der Waals surface area contributed by atoms with E-state index in [1.165, 1.54) is 23.9 Å². The van der Waals surface area contributed by atoms with Gasteiger partial charge in [0.25, 0.3) is 0 Å². The van der Waals surface area contributed by atoms with E-state index in [9.17, 15) is 18.0 Å². The number of hydrogen-bond acceptors (Lipinski definition) is 4. The molecule has 5 nitrogen and oxygen atoms in total. The maximum absolute atomic E-state index is 13.7. The van der Waals surface area contributed by atoms with Crippen LogP contribution in [0.3, 0.4) is 0 Å². The number of nitrogens with one attached hydrogen (secondary N) is 1. The van der Waals surface area contributed by atoms with Crippen molar-refractivity contribution in [3.63, 3.8) is 0 Å². The number of carbonyl (C=O) groups is 1. The van der Waals surface area contributed by atoms with Crippen LogP contribution in [-0.4, -0.2) is 26.3 Å². The number of rotatable bonds is 5. The highest BCUT2D eigenvalue weighted by atomic mass is 32.2. The number of thioether (sulfide) groups is 1. The Bertz CT molecular complexity index is 1240. The van der Waals surface area contributed by atoms with E-state index in [4.69, 9.17) is 0 Å². The van der Waals surface area contributed by atoms with Gasteiger partial charge in [0.1, 0.15) is 22.5 Å². The highest BCUT2D eigenvalue weighted by molar-refractivity contribution is 7.99. The van der Waals surface area contributed by atoms with Crippen molar-refractivity contribution in [3.8, 4) is 11.1 Å². The van der Waals surface area contributed by atoms with E-state index in [0.29, 0.717) is 16.4 Å². The van der Waals surface area contributed by atoms with Gasteiger partial charge < -0.3 is 5.32 Å². The third kappa shape index (κ3) is 4.16. The van der Waals surface area contributed by atoms with Crippen LogP contribution in [0.2, 0.25) is 0 Å². The van der Waals surface area contributed by atoms with Crippen LogP contribution in [0.5, 0.6) is 0 Å². The molecule has 0 aliphatic heterocycles. The molecule has 0 bridgehead atoms. The molecule has 0 fully saturated rings. The van der Waals surface area contributed by atoms with Gasteiger partial charge in [0, 0.05) is 17.3 Å². The molecule has 30 heavy (non-hydrogen) atoms. The minimum absolute atomic E-state index is 0.0414. The number of halogens is 3. The summed E-state index contributed by atoms with van der Waals surface area (Å²) < 4.78 is 41.8. The number of carbonyl (C=O) groups excluding carboxylic acids is 1. The zero-order chi connectivity index (χ0) is 21.3. The Morgan fingerprint density at radius 3 is 2.57 bits per heavy atom. The van der Waals surface area contributed by atoms with Crippen molar-refractivity contribution in [1.82, 2.24) is 14.6 Å². The standard InChI is InChI=1S/C21H15F3N4OS/c1-12-8-20(30-11-19(29)27-18-9-15(23)6-7-17(18)24)28-21(26-12)16(10-25-28)13-2-4-14(22)5-3-13/h2-10H,11H2,1H3,(H,27,29). The van der Waals surface area contributed by atoms with Gasteiger partial charge in [-0.15, -0.1) is 0 Å². The molecule has 4 aromatic rings. The van der Waals surface area contributed by atoms with E-state index in [2.05, 4.69) is 15.4 Å². The van der Waals surface area contributed by atoms with Crippen molar-refractivity contribution in [3.05, 3.63) is 77.9 Å². The second-order valence-corrected chi connectivity index (χ2v) is 7.49. The number of benzene rings is 2. The number of nitrogens with zero attached hydrogens (tertiary/aromatic N) is 3. The number of aromatic nitrogens is 3. The Morgan fingerprint density at radius 2 is 1.80 bits per heavy atom. The molecule has 0 spiro atoms. The summed E-state index contributed by atoms with van der Waals surface area (Å²) >= 11 is 1.18. The minimum Gasteiger partial charge on any atom is -0.323 e. The van der Waals surface area contributed by atoms with E-state index in [1.54, 1.807) is 28.9 Å². The molecule has 4 rings (SSSR count). The SMILES string of the molecule is Cc1cc(SCC(=O)Nc2cc(F)ccc2F)n2ncc(-c3ccc(F)cc3)c2n1. The largest absolute Gasteiger partial charge is 0.323 e. The average Bonchev–Trinajstić information content (AvgIpc) is 3.13. The number of anilines is 1. The van der Waals surface area contributed by atoms with Crippen molar-refractivity contribution in [2.24, 2.45) is 0 Å². The fourth-order valence-electron chi connectivity index (χ4n) is 2.90. The van der Waals surface area contributed by atoms with E-state index in [1.807, 2.05) is 6.92 Å². The smallest absolute Gasteiger partial charge is 0.234 e. The molecule has 1 amide bonds. The van der Waals surface area contributed by atoms with Gasteiger partial charge in [-0.25, -0.2) is 22.7 Å². The summed E-state index contributed by atoms with van der Waals surface area (Å²) in [5.74, 6) is -2.22. The second kappa shape index (κ2) is 8.19. The van der Waals surface area contributed by atoms with Crippen molar-refractivity contribution >= 4 is 29.0 Å². The van der Waals surface area contributed by atoms with Gasteiger partial charge in [0.15, 0.2) is 5.65 Å². The first-order valence-corrected chi connectivity index (χ1v) is 9.88. The third-order valence-corrected chi connectivity index (χ3v) is 5.27. The van der Waals surface area contributed by atoms with Gasteiger partial charge in [-0.3, -0.25) is 4.79 Å². The topological polar surface area (TPSA) is 59.3 Å². The maximum Gasteiger partial charge on any atom is 0.234 e. The number of aryl methyl sites for hydroxylation is 1. The van der Waals surface area contributed by atoms with Crippen LogP contribution in [0.1, 0.15) is 5.69 Å². The van der Waals surface area contributed by atoms with Crippen LogP contribution >= 0.6 is 11.8 Å². The van der Waals surface area contributed by atoms with Gasteiger partial charge in [-0.2, -0.15) is 5.10 Å². The molecule has 0 atom stereocenters. The van der Waals surface area contributed by atoms with Crippen LogP contribution in [-0.2, 0) is 4.79 Å². The molecule has 1 N–H and O–H groups in total. The Balaban J connectivity index is 1.56. The summed E-state index contributed by atoms with van der Waals surface area (Å²) in [6.45, 7) is 1.81. The lowest BCUT2D eigenvalue weighted by atomic mass is 10.1. The van der Waals surface area contributed by atoms with Crippen LogP contribution in [0.4, 0.5) is 18.9 Å². The Morgan fingerprint density at radius 1 is 1.07 bits per heavy atom. The van der Waals surface area contributed by atoms with Crippen LogP contribution < -0.4 is 5.32 Å². The van der Waals surface area contributed by atoms with Crippen molar-refractivity contribution < 1.29 is 18.0 Å². The number of amides is 1. The average molecular weight is 428 g/mol. The molecule has 0 unspecified atom stereocenters. The summed E-state index contributed by atoms with van der Waals surface area (Å²) in [5.41, 5.74) is 2.56. The summed E-state index contributed by atoms with van der Waals surface area (Å²) in [6, 6.07) is 10.6. The van der Waals surface area contributed by atoms with Crippen LogP contribution in [0.15, 0.2) is 59.8 Å². The van der Waals surface area contributed by atoms with Crippen molar-refractivity contribution in [1.29, 1.82) is 0 Å². The molecule has 2 aromatic heterocycles. The highest BCUT2D eigenvalue weighted by Gasteiger charge is 2.15. The van der Waals surface area contributed by atoms with E-state index < -0.39 is 17.5 Å². The van der Waals surface area contributed by atoms with Crippen molar-refractivity contribution in [2.75, 3.05) is 11.1 Å². The molecule has 0 radical (unpaired) electrons. The summed E-state index contributed by atoms with van der Waals surface area (Å²) in [4.78, 5) is 16.7. The predicted molar refractivity (Wildman–Crippen MR) is 109 cm³/mol. The highest BCUT2D eigenvalue weighted by Crippen LogP contribution is 2.28. The molecule has 2 aromatic carbocycles. The minimum atomic E-state index is -0.715. The molecule has 0 saturated carbocycles. The molecular weight excluding hydrogens is 413 g/mol. The first-order valence-electron chi connectivity index (χ1n) is 8.90. The monoisotopic (exact) mass is 428 g/mol. The first-order chi connectivity index (χ1) is 14.4. The predicted octanol–water partition coefficient (Wildman–Crippen LogP) is 4.85. The van der Waals surface area contributed by atoms with Crippen LogP contribution in [0, 0.1) is 24.4 Å². The summed E-state index contributed by atoms with van der Waals surface area (Å²) in [5, 5.41) is 7.36.